The first-order valence-corrected chi connectivity index (χ1v) is 10.7. The molecule has 3 rings (SSSR count). The van der Waals surface area contributed by atoms with Crippen molar-refractivity contribution in [3.63, 3.8) is 0 Å². The van der Waals surface area contributed by atoms with Gasteiger partial charge in [-0.05, 0) is 43.9 Å². The van der Waals surface area contributed by atoms with Crippen LogP contribution in [0.3, 0.4) is 0 Å². The lowest BCUT2D eigenvalue weighted by Gasteiger charge is -2.34. The monoisotopic (exact) mass is 361 g/mol. The Kier molecular flexibility index (Phi) is 6.84. The van der Waals surface area contributed by atoms with Crippen LogP contribution in [0, 0.1) is 0 Å². The fourth-order valence-electron chi connectivity index (χ4n) is 3.43. The molecule has 6 heteroatoms. The minimum absolute atomic E-state index is 0.714. The highest BCUT2D eigenvalue weighted by atomic mass is 32.2. The number of nitrogens with one attached hydrogen (secondary N) is 1. The third kappa shape index (κ3) is 5.03. The number of rotatable bonds is 5. The molecule has 1 aromatic heterocycles. The van der Waals surface area contributed by atoms with Gasteiger partial charge in [0, 0.05) is 49.9 Å². The van der Waals surface area contributed by atoms with E-state index in [1.54, 1.807) is 0 Å². The fraction of sp³-hybridized carbons (Fsp3) is 0.684. The summed E-state index contributed by atoms with van der Waals surface area (Å²) in [5.74, 6) is 3.36. The molecule has 5 nitrogen and oxygen atoms in total. The molecule has 1 atom stereocenters. The molecule has 0 radical (unpaired) electrons. The van der Waals surface area contributed by atoms with Crippen LogP contribution >= 0.6 is 11.8 Å². The van der Waals surface area contributed by atoms with Gasteiger partial charge in [0.2, 0.25) is 0 Å². The number of pyridine rings is 1. The average molecular weight is 362 g/mol. The van der Waals surface area contributed by atoms with Crippen molar-refractivity contribution in [3.05, 3.63) is 23.9 Å². The van der Waals surface area contributed by atoms with E-state index in [1.165, 1.54) is 30.6 Å². The molecule has 0 spiro atoms. The van der Waals surface area contributed by atoms with Gasteiger partial charge in [0.15, 0.2) is 5.96 Å². The lowest BCUT2D eigenvalue weighted by atomic mass is 10.2. The Labute approximate surface area is 156 Å². The zero-order valence-corrected chi connectivity index (χ0v) is 16.4. The lowest BCUT2D eigenvalue weighted by molar-refractivity contribution is 0.408. The summed E-state index contributed by atoms with van der Waals surface area (Å²) < 4.78 is 0. The van der Waals surface area contributed by atoms with Gasteiger partial charge in [-0.2, -0.15) is 11.8 Å². The van der Waals surface area contributed by atoms with E-state index in [0.29, 0.717) is 6.54 Å². The molecule has 25 heavy (non-hydrogen) atoms. The van der Waals surface area contributed by atoms with E-state index in [1.807, 2.05) is 6.20 Å². The van der Waals surface area contributed by atoms with Crippen molar-refractivity contribution in [1.82, 2.24) is 15.2 Å². The highest BCUT2D eigenvalue weighted by Crippen LogP contribution is 2.22. The molecule has 1 unspecified atom stereocenters. The number of aliphatic imine (C=N–C) groups is 1. The standard InChI is InChI=1S/C19H31N5S/c1-3-17-15-24(11-12-25-17)19(20-4-2)22-14-16-7-8-21-18(13-16)23-9-5-6-10-23/h7-8,13,17H,3-6,9-12,14-15H2,1-2H3,(H,20,22). The second kappa shape index (κ2) is 9.32. The topological polar surface area (TPSA) is 43.8 Å². The smallest absolute Gasteiger partial charge is 0.194 e. The van der Waals surface area contributed by atoms with Crippen molar-refractivity contribution >= 4 is 23.5 Å². The van der Waals surface area contributed by atoms with Crippen LogP contribution in [0.4, 0.5) is 5.82 Å². The van der Waals surface area contributed by atoms with E-state index in [0.717, 1.165) is 49.8 Å². The summed E-state index contributed by atoms with van der Waals surface area (Å²) in [4.78, 5) is 14.3. The molecule has 3 heterocycles. The van der Waals surface area contributed by atoms with E-state index >= 15 is 0 Å². The van der Waals surface area contributed by atoms with Crippen molar-refractivity contribution < 1.29 is 0 Å². The van der Waals surface area contributed by atoms with Crippen molar-refractivity contribution in [1.29, 1.82) is 0 Å². The van der Waals surface area contributed by atoms with Gasteiger partial charge in [0.25, 0.3) is 0 Å². The Bertz CT molecular complexity index is 571. The highest BCUT2D eigenvalue weighted by molar-refractivity contribution is 8.00. The summed E-state index contributed by atoms with van der Waals surface area (Å²) in [6.07, 6.45) is 5.71. The van der Waals surface area contributed by atoms with Crippen LogP contribution in [0.15, 0.2) is 23.3 Å². The minimum Gasteiger partial charge on any atom is -0.357 e. The van der Waals surface area contributed by atoms with Crippen LogP contribution in [0.2, 0.25) is 0 Å². The molecule has 0 aliphatic carbocycles. The van der Waals surface area contributed by atoms with E-state index in [2.05, 4.69) is 57.8 Å². The molecular weight excluding hydrogens is 330 g/mol. The summed E-state index contributed by atoms with van der Waals surface area (Å²) in [6.45, 7) is 10.5. The molecule has 1 N–H and O–H groups in total. The number of hydrogen-bond acceptors (Lipinski definition) is 4. The number of thioether (sulfide) groups is 1. The third-order valence-corrected chi connectivity index (χ3v) is 6.25. The maximum absolute atomic E-state index is 4.92. The van der Waals surface area contributed by atoms with Gasteiger partial charge in [0.1, 0.15) is 5.82 Å². The normalized spacial score (nSPS) is 21.7. The first-order valence-electron chi connectivity index (χ1n) is 9.65. The van der Waals surface area contributed by atoms with Crippen LogP contribution in [0.25, 0.3) is 0 Å². The van der Waals surface area contributed by atoms with E-state index in [4.69, 9.17) is 4.99 Å². The number of nitrogens with zero attached hydrogens (tertiary/aromatic N) is 4. The molecule has 0 bridgehead atoms. The van der Waals surface area contributed by atoms with Crippen molar-refractivity contribution in [2.75, 3.05) is 43.4 Å². The van der Waals surface area contributed by atoms with Gasteiger partial charge in [-0.3, -0.25) is 0 Å². The molecule has 2 aliphatic heterocycles. The molecule has 2 fully saturated rings. The van der Waals surface area contributed by atoms with E-state index in [9.17, 15) is 0 Å². The molecule has 1 aromatic rings. The van der Waals surface area contributed by atoms with Crippen LogP contribution in [0.1, 0.15) is 38.7 Å². The molecule has 0 saturated carbocycles. The zero-order chi connectivity index (χ0) is 17.5. The Balaban J connectivity index is 1.67. The third-order valence-electron chi connectivity index (χ3n) is 4.88. The van der Waals surface area contributed by atoms with Gasteiger partial charge < -0.3 is 15.1 Å². The Morgan fingerprint density at radius 2 is 2.16 bits per heavy atom. The zero-order valence-electron chi connectivity index (χ0n) is 15.6. The molecule has 138 valence electrons. The van der Waals surface area contributed by atoms with E-state index in [-0.39, 0.29) is 0 Å². The van der Waals surface area contributed by atoms with Crippen LogP contribution in [-0.2, 0) is 6.54 Å². The maximum Gasteiger partial charge on any atom is 0.194 e. The van der Waals surface area contributed by atoms with Crippen molar-refractivity contribution in [2.24, 2.45) is 4.99 Å². The molecular formula is C19H31N5S. The van der Waals surface area contributed by atoms with Crippen molar-refractivity contribution in [3.8, 4) is 0 Å². The summed E-state index contributed by atoms with van der Waals surface area (Å²) in [7, 11) is 0. The van der Waals surface area contributed by atoms with Crippen LogP contribution in [0.5, 0.6) is 0 Å². The quantitative estimate of drug-likeness (QED) is 0.645. The second-order valence-electron chi connectivity index (χ2n) is 6.73. The average Bonchev–Trinajstić information content (AvgIpc) is 3.20. The van der Waals surface area contributed by atoms with Crippen LogP contribution < -0.4 is 10.2 Å². The molecule has 0 amide bonds. The summed E-state index contributed by atoms with van der Waals surface area (Å²) >= 11 is 2.09. The predicted molar refractivity (Wildman–Crippen MR) is 109 cm³/mol. The Morgan fingerprint density at radius 3 is 2.92 bits per heavy atom. The van der Waals surface area contributed by atoms with Gasteiger partial charge in [-0.15, -0.1) is 0 Å². The van der Waals surface area contributed by atoms with E-state index < -0.39 is 0 Å². The Morgan fingerprint density at radius 1 is 1.32 bits per heavy atom. The SMILES string of the molecule is CCNC(=NCc1ccnc(N2CCCC2)c1)N1CCSC(CC)C1. The fourth-order valence-corrected chi connectivity index (χ4v) is 4.61. The molecule has 2 saturated heterocycles. The number of hydrogen-bond donors (Lipinski definition) is 1. The van der Waals surface area contributed by atoms with Gasteiger partial charge in [-0.25, -0.2) is 9.98 Å². The highest BCUT2D eigenvalue weighted by Gasteiger charge is 2.21. The van der Waals surface area contributed by atoms with Crippen LogP contribution in [-0.4, -0.2) is 59.6 Å². The van der Waals surface area contributed by atoms with Gasteiger partial charge in [0.05, 0.1) is 6.54 Å². The largest absolute Gasteiger partial charge is 0.357 e. The lowest BCUT2D eigenvalue weighted by Crippen LogP contribution is -2.48. The number of aromatic nitrogens is 1. The summed E-state index contributed by atoms with van der Waals surface area (Å²) in [5.41, 5.74) is 1.24. The summed E-state index contributed by atoms with van der Waals surface area (Å²) in [6, 6.07) is 4.30. The number of anilines is 1. The molecule has 0 aromatic carbocycles. The first kappa shape index (κ1) is 18.4. The van der Waals surface area contributed by atoms with Crippen molar-refractivity contribution in [2.45, 2.75) is 44.9 Å². The predicted octanol–water partition coefficient (Wildman–Crippen LogP) is 2.97. The first-order chi connectivity index (χ1) is 12.3. The van der Waals surface area contributed by atoms with Gasteiger partial charge >= 0.3 is 0 Å². The number of guanidine groups is 1. The Hall–Kier alpha value is -1.43. The maximum atomic E-state index is 4.92. The second-order valence-corrected chi connectivity index (χ2v) is 8.14. The minimum atomic E-state index is 0.714. The molecule has 2 aliphatic rings. The van der Waals surface area contributed by atoms with Gasteiger partial charge in [-0.1, -0.05) is 6.92 Å². The summed E-state index contributed by atoms with van der Waals surface area (Å²) in [5, 5.41) is 4.20.